The van der Waals surface area contributed by atoms with Crippen LogP contribution in [-0.4, -0.2) is 18.8 Å². The van der Waals surface area contributed by atoms with Crippen molar-refractivity contribution in [1.82, 2.24) is 0 Å². The fourth-order valence-corrected chi connectivity index (χ4v) is 1.22. The number of hydrogen-bond acceptors (Lipinski definition) is 2. The molecule has 0 bridgehead atoms. The molecule has 1 atom stereocenters. The molecule has 5 heteroatoms. The van der Waals surface area contributed by atoms with Crippen LogP contribution in [0.25, 0.3) is 0 Å². The Morgan fingerprint density at radius 1 is 1.33 bits per heavy atom. The van der Waals surface area contributed by atoms with Crippen molar-refractivity contribution < 1.29 is 17.9 Å². The van der Waals surface area contributed by atoms with Crippen LogP contribution in [0.1, 0.15) is 18.1 Å². The van der Waals surface area contributed by atoms with Crippen molar-refractivity contribution in [3.63, 3.8) is 0 Å². The molecule has 18 heavy (non-hydrogen) atoms. The molecule has 0 saturated heterocycles. The molecule has 0 amide bonds. The second-order valence-corrected chi connectivity index (χ2v) is 3.66. The maximum absolute atomic E-state index is 12.3. The molecular weight excluding hydrogens is 243 g/mol. The maximum Gasteiger partial charge on any atom is 0.414 e. The smallest absolute Gasteiger partial charge is 0.364 e. The molecule has 0 saturated carbocycles. The Morgan fingerprint density at radius 2 is 2.00 bits per heavy atom. The van der Waals surface area contributed by atoms with Crippen molar-refractivity contribution in [3.05, 3.63) is 35.4 Å². The van der Waals surface area contributed by atoms with Crippen LogP contribution >= 0.6 is 0 Å². The standard InChI is InChI=1S/C13H14F3NO/c1-10(13(14,15)16)18-9-12-6-3-2-5-11(12)7-4-8-17/h2-3,5-6,10H,8-9,17H2,1H3. The summed E-state index contributed by atoms with van der Waals surface area (Å²) >= 11 is 0. The van der Waals surface area contributed by atoms with Gasteiger partial charge in [0, 0.05) is 5.56 Å². The van der Waals surface area contributed by atoms with Gasteiger partial charge in [-0.1, -0.05) is 30.0 Å². The molecule has 1 rings (SSSR count). The summed E-state index contributed by atoms with van der Waals surface area (Å²) in [7, 11) is 0. The van der Waals surface area contributed by atoms with Crippen LogP contribution in [0, 0.1) is 11.8 Å². The third-order valence-corrected chi connectivity index (χ3v) is 2.29. The largest absolute Gasteiger partial charge is 0.414 e. The van der Waals surface area contributed by atoms with E-state index >= 15 is 0 Å². The maximum atomic E-state index is 12.3. The molecule has 0 aromatic heterocycles. The zero-order chi connectivity index (χ0) is 13.6. The number of nitrogens with two attached hydrogens (primary N) is 1. The minimum atomic E-state index is -4.35. The minimum Gasteiger partial charge on any atom is -0.364 e. The summed E-state index contributed by atoms with van der Waals surface area (Å²) in [6.07, 6.45) is -6.15. The molecule has 1 unspecified atom stereocenters. The lowest BCUT2D eigenvalue weighted by Crippen LogP contribution is -2.28. The van der Waals surface area contributed by atoms with Gasteiger partial charge in [0.2, 0.25) is 0 Å². The molecule has 0 heterocycles. The molecular formula is C13H14F3NO. The molecule has 0 aliphatic carbocycles. The van der Waals surface area contributed by atoms with E-state index in [1.807, 2.05) is 0 Å². The molecule has 2 N–H and O–H groups in total. The van der Waals surface area contributed by atoms with Crippen molar-refractivity contribution in [3.8, 4) is 11.8 Å². The molecule has 98 valence electrons. The first-order valence-electron chi connectivity index (χ1n) is 5.40. The van der Waals surface area contributed by atoms with Gasteiger partial charge in [0.1, 0.15) is 0 Å². The summed E-state index contributed by atoms with van der Waals surface area (Å²) in [6.45, 7) is 1.05. The van der Waals surface area contributed by atoms with Crippen molar-refractivity contribution in [1.29, 1.82) is 0 Å². The number of halogens is 3. The summed E-state index contributed by atoms with van der Waals surface area (Å²) in [4.78, 5) is 0. The number of alkyl halides is 3. The van der Waals surface area contributed by atoms with Gasteiger partial charge >= 0.3 is 6.18 Å². The highest BCUT2D eigenvalue weighted by atomic mass is 19.4. The summed E-state index contributed by atoms with van der Waals surface area (Å²) in [6, 6.07) is 6.89. The first-order chi connectivity index (χ1) is 8.45. The third kappa shape index (κ3) is 4.40. The average Bonchev–Trinajstić information content (AvgIpc) is 2.33. The van der Waals surface area contributed by atoms with Crippen molar-refractivity contribution in [2.75, 3.05) is 6.54 Å². The highest BCUT2D eigenvalue weighted by Crippen LogP contribution is 2.23. The Labute approximate surface area is 104 Å². The molecule has 0 fully saturated rings. The van der Waals surface area contributed by atoms with Crippen LogP contribution in [0.4, 0.5) is 13.2 Å². The van der Waals surface area contributed by atoms with Gasteiger partial charge < -0.3 is 10.5 Å². The summed E-state index contributed by atoms with van der Waals surface area (Å²) < 4.78 is 41.6. The predicted octanol–water partition coefficient (Wildman–Crippen LogP) is 2.46. The number of hydrogen-bond donors (Lipinski definition) is 1. The van der Waals surface area contributed by atoms with Crippen LogP contribution in [0.3, 0.4) is 0 Å². The van der Waals surface area contributed by atoms with E-state index in [9.17, 15) is 13.2 Å². The van der Waals surface area contributed by atoms with Gasteiger partial charge in [-0.05, 0) is 18.6 Å². The molecule has 1 aromatic rings. The Balaban J connectivity index is 2.73. The topological polar surface area (TPSA) is 35.2 Å². The minimum absolute atomic E-state index is 0.129. The molecule has 1 aromatic carbocycles. The molecule has 0 aliphatic heterocycles. The summed E-state index contributed by atoms with van der Waals surface area (Å²) in [5.41, 5.74) is 6.51. The van der Waals surface area contributed by atoms with Crippen LogP contribution in [0.15, 0.2) is 24.3 Å². The van der Waals surface area contributed by atoms with E-state index in [1.54, 1.807) is 24.3 Å². The van der Waals surface area contributed by atoms with Crippen molar-refractivity contribution >= 4 is 0 Å². The van der Waals surface area contributed by atoms with Gasteiger partial charge in [-0.3, -0.25) is 0 Å². The lowest BCUT2D eigenvalue weighted by molar-refractivity contribution is -0.217. The molecule has 0 spiro atoms. The van der Waals surface area contributed by atoms with E-state index in [-0.39, 0.29) is 13.2 Å². The Bertz CT molecular complexity index is 446. The van der Waals surface area contributed by atoms with Gasteiger partial charge in [-0.25, -0.2) is 0 Å². The fraction of sp³-hybridized carbons (Fsp3) is 0.385. The highest BCUT2D eigenvalue weighted by molar-refractivity contribution is 5.41. The number of benzene rings is 1. The second-order valence-electron chi connectivity index (χ2n) is 3.66. The number of rotatable bonds is 3. The van der Waals surface area contributed by atoms with Gasteiger partial charge in [-0.15, -0.1) is 0 Å². The van der Waals surface area contributed by atoms with E-state index in [0.717, 1.165) is 6.92 Å². The van der Waals surface area contributed by atoms with Crippen LogP contribution < -0.4 is 5.73 Å². The SMILES string of the molecule is CC(OCc1ccccc1C#CCN)C(F)(F)F. The number of ether oxygens (including phenoxy) is 1. The van der Waals surface area contributed by atoms with Crippen molar-refractivity contribution in [2.24, 2.45) is 5.73 Å². The van der Waals surface area contributed by atoms with E-state index in [2.05, 4.69) is 11.8 Å². The zero-order valence-corrected chi connectivity index (χ0v) is 9.92. The highest BCUT2D eigenvalue weighted by Gasteiger charge is 2.36. The van der Waals surface area contributed by atoms with Crippen molar-refractivity contribution in [2.45, 2.75) is 25.8 Å². The Kier molecular flexibility index (Phi) is 5.20. The van der Waals surface area contributed by atoms with Crippen LogP contribution in [-0.2, 0) is 11.3 Å². The average molecular weight is 257 g/mol. The first-order valence-corrected chi connectivity index (χ1v) is 5.40. The first kappa shape index (κ1) is 14.6. The van der Waals surface area contributed by atoms with Gasteiger partial charge in [-0.2, -0.15) is 13.2 Å². The van der Waals surface area contributed by atoms with E-state index in [1.165, 1.54) is 0 Å². The van der Waals surface area contributed by atoms with Crippen LogP contribution in [0.5, 0.6) is 0 Å². The quantitative estimate of drug-likeness (QED) is 0.844. The molecule has 0 radical (unpaired) electrons. The van der Waals surface area contributed by atoms with Gasteiger partial charge in [0.05, 0.1) is 13.2 Å². The lowest BCUT2D eigenvalue weighted by atomic mass is 10.1. The van der Waals surface area contributed by atoms with Crippen LogP contribution in [0.2, 0.25) is 0 Å². The summed E-state index contributed by atoms with van der Waals surface area (Å²) in [5.74, 6) is 5.46. The Morgan fingerprint density at radius 3 is 2.61 bits per heavy atom. The summed E-state index contributed by atoms with van der Waals surface area (Å²) in [5, 5.41) is 0. The Hall–Kier alpha value is -1.51. The predicted molar refractivity (Wildman–Crippen MR) is 62.7 cm³/mol. The van der Waals surface area contributed by atoms with Gasteiger partial charge in [0.15, 0.2) is 6.10 Å². The fourth-order valence-electron chi connectivity index (χ4n) is 1.22. The third-order valence-electron chi connectivity index (χ3n) is 2.29. The van der Waals surface area contributed by atoms with E-state index in [4.69, 9.17) is 10.5 Å². The molecule has 0 aliphatic rings. The lowest BCUT2D eigenvalue weighted by Gasteiger charge is -2.16. The van der Waals surface area contributed by atoms with Gasteiger partial charge in [0.25, 0.3) is 0 Å². The zero-order valence-electron chi connectivity index (χ0n) is 9.92. The normalized spacial score (nSPS) is 12.7. The van der Waals surface area contributed by atoms with E-state index in [0.29, 0.717) is 11.1 Å². The second kappa shape index (κ2) is 6.43. The monoisotopic (exact) mass is 257 g/mol. The molecule has 2 nitrogen and oxygen atoms in total. The van der Waals surface area contributed by atoms with E-state index < -0.39 is 12.3 Å².